The number of aromatic nitrogens is 2. The number of nitrogens with zero attached hydrogens (tertiary/aromatic N) is 2. The van der Waals surface area contributed by atoms with E-state index in [1.54, 1.807) is 0 Å². The summed E-state index contributed by atoms with van der Waals surface area (Å²) in [7, 11) is 0. The lowest BCUT2D eigenvalue weighted by molar-refractivity contribution is 0.0125. The van der Waals surface area contributed by atoms with Crippen LogP contribution in [0.4, 0.5) is 0 Å². The molecule has 21 heavy (non-hydrogen) atoms. The number of nitrogens with one attached hydrogen (secondary N) is 1. The highest BCUT2D eigenvalue weighted by atomic mass is 16.5. The molecule has 0 aliphatic carbocycles. The number of pyridine rings is 1. The van der Waals surface area contributed by atoms with E-state index in [0.29, 0.717) is 6.10 Å². The predicted octanol–water partition coefficient (Wildman–Crippen LogP) is 3.18. The first-order chi connectivity index (χ1) is 10.2. The van der Waals surface area contributed by atoms with Crippen molar-refractivity contribution in [2.75, 3.05) is 19.7 Å². The summed E-state index contributed by atoms with van der Waals surface area (Å²) >= 11 is 0. The van der Waals surface area contributed by atoms with Crippen LogP contribution < -0.4 is 0 Å². The molecule has 4 nitrogen and oxygen atoms in total. The molecule has 2 aromatic rings. The Hall–Kier alpha value is -1.39. The Labute approximate surface area is 126 Å². The molecular formula is C17H25N3O. The summed E-state index contributed by atoms with van der Waals surface area (Å²) in [5.74, 6) is 0. The Balaban J connectivity index is 1.75. The van der Waals surface area contributed by atoms with Crippen LogP contribution in [0.5, 0.6) is 0 Å². The average Bonchev–Trinajstić information content (AvgIpc) is 2.95. The van der Waals surface area contributed by atoms with Crippen molar-refractivity contribution in [3.8, 4) is 0 Å². The van der Waals surface area contributed by atoms with Gasteiger partial charge in [-0.05, 0) is 45.2 Å². The van der Waals surface area contributed by atoms with E-state index in [2.05, 4.69) is 36.7 Å². The second-order valence-electron chi connectivity index (χ2n) is 5.96. The van der Waals surface area contributed by atoms with Crippen molar-refractivity contribution < 1.29 is 4.74 Å². The molecule has 1 saturated heterocycles. The normalized spacial score (nSPS) is 17.7. The van der Waals surface area contributed by atoms with Gasteiger partial charge in [0.25, 0.3) is 0 Å². The molecule has 1 aliphatic heterocycles. The van der Waals surface area contributed by atoms with E-state index in [-0.39, 0.29) is 0 Å². The van der Waals surface area contributed by atoms with Crippen molar-refractivity contribution in [3.05, 3.63) is 29.2 Å². The number of hydrogen-bond donors (Lipinski definition) is 1. The van der Waals surface area contributed by atoms with Crippen LogP contribution in [0.15, 0.2) is 12.3 Å². The van der Waals surface area contributed by atoms with Gasteiger partial charge >= 0.3 is 0 Å². The summed E-state index contributed by atoms with van der Waals surface area (Å²) < 4.78 is 5.73. The zero-order valence-electron chi connectivity index (χ0n) is 13.3. The SMILES string of the molecule is CCOC1CCN(Cc2c(C)nc(C)c3[nH]ccc23)CC1. The van der Waals surface area contributed by atoms with Gasteiger partial charge in [0.05, 0.1) is 17.3 Å². The second kappa shape index (κ2) is 6.16. The molecule has 3 heterocycles. The lowest BCUT2D eigenvalue weighted by atomic mass is 10.0. The zero-order chi connectivity index (χ0) is 14.8. The first-order valence-electron chi connectivity index (χ1n) is 7.96. The first kappa shape index (κ1) is 14.5. The molecule has 4 heteroatoms. The van der Waals surface area contributed by atoms with Gasteiger partial charge in [-0.25, -0.2) is 0 Å². The molecule has 1 aliphatic rings. The molecular weight excluding hydrogens is 262 g/mol. The molecule has 0 spiro atoms. The van der Waals surface area contributed by atoms with Crippen LogP contribution in [-0.4, -0.2) is 40.7 Å². The standard InChI is InChI=1S/C17H25N3O/c1-4-21-14-6-9-20(10-7-14)11-16-12(2)19-13(3)17-15(16)5-8-18-17/h5,8,14,18H,4,6-7,9-11H2,1-3H3. The molecule has 0 bridgehead atoms. The van der Waals surface area contributed by atoms with E-state index in [0.717, 1.165) is 50.5 Å². The van der Waals surface area contributed by atoms with Gasteiger partial charge in [-0.3, -0.25) is 9.88 Å². The number of ether oxygens (including phenoxy) is 1. The molecule has 1 fully saturated rings. The van der Waals surface area contributed by atoms with Gasteiger partial charge in [0, 0.05) is 43.5 Å². The largest absolute Gasteiger partial charge is 0.378 e. The third-order valence-corrected chi connectivity index (χ3v) is 4.52. The fourth-order valence-corrected chi connectivity index (χ4v) is 3.38. The van der Waals surface area contributed by atoms with Crippen molar-refractivity contribution in [2.45, 2.75) is 46.3 Å². The smallest absolute Gasteiger partial charge is 0.0673 e. The van der Waals surface area contributed by atoms with Crippen LogP contribution in [0.2, 0.25) is 0 Å². The Morgan fingerprint density at radius 1 is 1.29 bits per heavy atom. The van der Waals surface area contributed by atoms with E-state index in [9.17, 15) is 0 Å². The van der Waals surface area contributed by atoms with Crippen LogP contribution in [0.1, 0.15) is 36.7 Å². The first-order valence-corrected chi connectivity index (χ1v) is 7.96. The lowest BCUT2D eigenvalue weighted by Gasteiger charge is -2.32. The number of aryl methyl sites for hydroxylation is 2. The van der Waals surface area contributed by atoms with Crippen LogP contribution in [-0.2, 0) is 11.3 Å². The maximum absolute atomic E-state index is 5.73. The maximum atomic E-state index is 5.73. The third kappa shape index (κ3) is 2.97. The minimum atomic E-state index is 0.454. The van der Waals surface area contributed by atoms with Crippen molar-refractivity contribution in [1.82, 2.24) is 14.9 Å². The fourth-order valence-electron chi connectivity index (χ4n) is 3.38. The van der Waals surface area contributed by atoms with Gasteiger partial charge in [-0.1, -0.05) is 0 Å². The van der Waals surface area contributed by atoms with E-state index in [1.165, 1.54) is 16.5 Å². The molecule has 0 radical (unpaired) electrons. The molecule has 1 N–H and O–H groups in total. The molecule has 0 unspecified atom stereocenters. The minimum Gasteiger partial charge on any atom is -0.378 e. The molecule has 2 aromatic heterocycles. The van der Waals surface area contributed by atoms with Gasteiger partial charge in [0.15, 0.2) is 0 Å². The van der Waals surface area contributed by atoms with E-state index in [4.69, 9.17) is 9.72 Å². The molecule has 0 saturated carbocycles. The van der Waals surface area contributed by atoms with Gasteiger partial charge in [0.1, 0.15) is 0 Å². The van der Waals surface area contributed by atoms with Crippen LogP contribution in [0.3, 0.4) is 0 Å². The van der Waals surface area contributed by atoms with Crippen LogP contribution >= 0.6 is 0 Å². The third-order valence-electron chi connectivity index (χ3n) is 4.52. The number of likely N-dealkylation sites (tertiary alicyclic amines) is 1. The summed E-state index contributed by atoms with van der Waals surface area (Å²) in [6.07, 6.45) is 4.75. The number of H-pyrrole nitrogens is 1. The summed E-state index contributed by atoms with van der Waals surface area (Å²) in [4.78, 5) is 10.5. The summed E-state index contributed by atoms with van der Waals surface area (Å²) in [6, 6.07) is 2.18. The average molecular weight is 287 g/mol. The monoisotopic (exact) mass is 287 g/mol. The number of hydrogen-bond acceptors (Lipinski definition) is 3. The molecule has 114 valence electrons. The van der Waals surface area contributed by atoms with Gasteiger partial charge in [-0.2, -0.15) is 0 Å². The van der Waals surface area contributed by atoms with Gasteiger partial charge in [0.2, 0.25) is 0 Å². The Bertz CT molecular complexity index is 612. The lowest BCUT2D eigenvalue weighted by Crippen LogP contribution is -2.36. The number of aromatic amines is 1. The topological polar surface area (TPSA) is 41.1 Å². The van der Waals surface area contributed by atoms with Crippen molar-refractivity contribution in [2.24, 2.45) is 0 Å². The van der Waals surface area contributed by atoms with Crippen molar-refractivity contribution in [1.29, 1.82) is 0 Å². The number of rotatable bonds is 4. The Morgan fingerprint density at radius 3 is 2.76 bits per heavy atom. The molecule has 0 amide bonds. The fraction of sp³-hybridized carbons (Fsp3) is 0.588. The van der Waals surface area contributed by atoms with E-state index < -0.39 is 0 Å². The number of piperidine rings is 1. The van der Waals surface area contributed by atoms with Gasteiger partial charge in [-0.15, -0.1) is 0 Å². The van der Waals surface area contributed by atoms with Crippen molar-refractivity contribution in [3.63, 3.8) is 0 Å². The quantitative estimate of drug-likeness (QED) is 0.939. The maximum Gasteiger partial charge on any atom is 0.0673 e. The van der Waals surface area contributed by atoms with Gasteiger partial charge < -0.3 is 9.72 Å². The molecule has 0 aromatic carbocycles. The summed E-state index contributed by atoms with van der Waals surface area (Å²) in [6.45, 7) is 10.3. The Kier molecular flexibility index (Phi) is 4.27. The highest BCUT2D eigenvalue weighted by Crippen LogP contribution is 2.25. The number of fused-ring (bicyclic) bond motifs is 1. The summed E-state index contributed by atoms with van der Waals surface area (Å²) in [5, 5.41) is 1.33. The van der Waals surface area contributed by atoms with E-state index >= 15 is 0 Å². The highest BCUT2D eigenvalue weighted by Gasteiger charge is 2.21. The van der Waals surface area contributed by atoms with Crippen molar-refractivity contribution >= 4 is 10.9 Å². The molecule has 0 atom stereocenters. The highest BCUT2D eigenvalue weighted by molar-refractivity contribution is 5.85. The van der Waals surface area contributed by atoms with Crippen LogP contribution in [0.25, 0.3) is 10.9 Å². The zero-order valence-corrected chi connectivity index (χ0v) is 13.3. The van der Waals surface area contributed by atoms with E-state index in [1.807, 2.05) is 6.20 Å². The molecule has 3 rings (SSSR count). The van der Waals surface area contributed by atoms with Crippen LogP contribution in [0, 0.1) is 13.8 Å². The second-order valence-corrected chi connectivity index (χ2v) is 5.96. The Morgan fingerprint density at radius 2 is 2.05 bits per heavy atom. The predicted molar refractivity (Wildman–Crippen MR) is 85.5 cm³/mol. The minimum absolute atomic E-state index is 0.454. The summed E-state index contributed by atoms with van der Waals surface area (Å²) in [5.41, 5.74) is 4.80.